The molecule has 28 heavy (non-hydrogen) atoms. The summed E-state index contributed by atoms with van der Waals surface area (Å²) >= 11 is 5.91. The van der Waals surface area contributed by atoms with Crippen molar-refractivity contribution in [3.63, 3.8) is 0 Å². The lowest BCUT2D eigenvalue weighted by Gasteiger charge is -2.15. The van der Waals surface area contributed by atoms with Crippen LogP contribution in [0, 0.1) is 18.3 Å². The second kappa shape index (κ2) is 9.58. The molecule has 0 saturated carbocycles. The Kier molecular flexibility index (Phi) is 7.19. The van der Waals surface area contributed by atoms with Crippen LogP contribution in [0.1, 0.15) is 18.1 Å². The zero-order valence-electron chi connectivity index (χ0n) is 15.6. The number of nitrogens with zero attached hydrogens (tertiary/aromatic N) is 1. The van der Waals surface area contributed by atoms with Gasteiger partial charge in [0.25, 0.3) is 0 Å². The Morgan fingerprint density at radius 1 is 1.21 bits per heavy atom. The van der Waals surface area contributed by atoms with Crippen molar-refractivity contribution in [3.05, 3.63) is 64.2 Å². The van der Waals surface area contributed by atoms with Crippen LogP contribution < -0.4 is 9.47 Å². The number of hydrogen-bond donors (Lipinski definition) is 0. The average Bonchev–Trinajstić information content (AvgIpc) is 2.67. The molecule has 0 spiro atoms. The third-order valence-electron chi connectivity index (χ3n) is 3.69. The van der Waals surface area contributed by atoms with Gasteiger partial charge >= 0.3 is 11.9 Å². The predicted molar refractivity (Wildman–Crippen MR) is 104 cm³/mol. The van der Waals surface area contributed by atoms with E-state index < -0.39 is 18.0 Å². The Hall–Kier alpha value is -3.30. The van der Waals surface area contributed by atoms with Crippen LogP contribution in [0.5, 0.6) is 11.5 Å². The molecule has 1 unspecified atom stereocenters. The summed E-state index contributed by atoms with van der Waals surface area (Å²) in [6.07, 6.45) is 0.490. The van der Waals surface area contributed by atoms with Gasteiger partial charge in [-0.15, -0.1) is 0 Å². The van der Waals surface area contributed by atoms with Crippen LogP contribution in [0.4, 0.5) is 0 Å². The first kappa shape index (κ1) is 21.0. The van der Waals surface area contributed by atoms with Crippen molar-refractivity contribution in [2.75, 3.05) is 7.11 Å². The molecule has 0 amide bonds. The number of carbonyl (C=O) groups is 2. The summed E-state index contributed by atoms with van der Waals surface area (Å²) in [5.41, 5.74) is 1.14. The molecule has 0 aliphatic heterocycles. The van der Waals surface area contributed by atoms with Crippen molar-refractivity contribution in [2.45, 2.75) is 20.0 Å². The van der Waals surface area contributed by atoms with Crippen LogP contribution in [-0.2, 0) is 14.3 Å². The lowest BCUT2D eigenvalue weighted by Crippen LogP contribution is -2.28. The van der Waals surface area contributed by atoms with E-state index in [2.05, 4.69) is 4.74 Å². The van der Waals surface area contributed by atoms with Gasteiger partial charge in [0, 0.05) is 5.02 Å². The zero-order valence-corrected chi connectivity index (χ0v) is 16.3. The minimum absolute atomic E-state index is 0.166. The van der Waals surface area contributed by atoms with E-state index in [4.69, 9.17) is 26.3 Å². The lowest BCUT2D eigenvalue weighted by atomic mass is 10.1. The summed E-state index contributed by atoms with van der Waals surface area (Å²) in [5.74, 6) is -0.555. The number of rotatable bonds is 6. The van der Waals surface area contributed by atoms with E-state index in [1.165, 1.54) is 19.3 Å². The monoisotopic (exact) mass is 399 g/mol. The number of hydrogen-bond acceptors (Lipinski definition) is 6. The smallest absolute Gasteiger partial charge is 0.352 e. The number of aryl methyl sites for hydroxylation is 1. The van der Waals surface area contributed by atoms with Crippen molar-refractivity contribution < 1.29 is 23.8 Å². The summed E-state index contributed by atoms with van der Waals surface area (Å²) in [4.78, 5) is 23.8. The summed E-state index contributed by atoms with van der Waals surface area (Å²) in [5, 5.41) is 9.60. The molecule has 2 aromatic rings. The molecule has 144 valence electrons. The van der Waals surface area contributed by atoms with Gasteiger partial charge in [0.1, 0.15) is 23.1 Å². The fourth-order valence-electron chi connectivity index (χ4n) is 2.26. The number of benzene rings is 2. The van der Waals surface area contributed by atoms with Gasteiger partial charge in [0.2, 0.25) is 0 Å². The lowest BCUT2D eigenvalue weighted by molar-refractivity contribution is -0.141. The largest absolute Gasteiger partial charge is 0.479 e. The highest BCUT2D eigenvalue weighted by atomic mass is 35.5. The first-order valence-corrected chi connectivity index (χ1v) is 8.66. The maximum atomic E-state index is 12.3. The second-order valence-electron chi connectivity index (χ2n) is 5.82. The summed E-state index contributed by atoms with van der Waals surface area (Å²) in [6, 6.07) is 13.3. The van der Waals surface area contributed by atoms with Gasteiger partial charge in [-0.25, -0.2) is 9.59 Å². The summed E-state index contributed by atoms with van der Waals surface area (Å²) in [6.45, 7) is 3.40. The van der Waals surface area contributed by atoms with Crippen molar-refractivity contribution >= 4 is 29.6 Å². The topological polar surface area (TPSA) is 85.6 Å². The molecular formula is C21H18ClNO5. The fraction of sp³-hybridized carbons (Fsp3) is 0.190. The van der Waals surface area contributed by atoms with E-state index in [1.54, 1.807) is 49.4 Å². The second-order valence-corrected chi connectivity index (χ2v) is 6.26. The Morgan fingerprint density at radius 2 is 1.96 bits per heavy atom. The molecule has 0 saturated heterocycles. The molecule has 0 heterocycles. The quantitative estimate of drug-likeness (QED) is 0.314. The molecule has 7 heteroatoms. The number of halogens is 1. The van der Waals surface area contributed by atoms with E-state index in [0.717, 1.165) is 5.56 Å². The van der Waals surface area contributed by atoms with Crippen LogP contribution in [-0.4, -0.2) is 25.2 Å². The van der Waals surface area contributed by atoms with Crippen molar-refractivity contribution in [3.8, 4) is 17.6 Å². The minimum atomic E-state index is -0.858. The number of esters is 2. The molecule has 2 aromatic carbocycles. The van der Waals surface area contributed by atoms with Crippen molar-refractivity contribution in [1.82, 2.24) is 0 Å². The van der Waals surface area contributed by atoms with Crippen molar-refractivity contribution in [1.29, 1.82) is 5.26 Å². The number of methoxy groups -OCH3 is 1. The third kappa shape index (κ3) is 5.60. The van der Waals surface area contributed by atoms with E-state index in [-0.39, 0.29) is 11.3 Å². The van der Waals surface area contributed by atoms with Gasteiger partial charge in [-0.05, 0) is 61.4 Å². The fourth-order valence-corrected chi connectivity index (χ4v) is 2.49. The number of ether oxygens (including phenoxy) is 3. The highest BCUT2D eigenvalue weighted by molar-refractivity contribution is 6.30. The average molecular weight is 400 g/mol. The van der Waals surface area contributed by atoms with E-state index in [1.807, 2.05) is 6.92 Å². The standard InChI is InChI=1S/C21H18ClNO5/c1-13-9-17(22)7-8-19(13)27-14(2)20(24)28-18-6-4-5-15(11-18)10-16(12-23)21(25)26-3/h4-11,14H,1-3H3/b16-10+. The Labute approximate surface area is 167 Å². The molecule has 0 fully saturated rings. The number of carbonyl (C=O) groups excluding carboxylic acids is 2. The van der Waals surface area contributed by atoms with Crippen molar-refractivity contribution in [2.24, 2.45) is 0 Å². The van der Waals surface area contributed by atoms with Gasteiger partial charge in [-0.2, -0.15) is 5.26 Å². The molecule has 0 aromatic heterocycles. The molecule has 0 bridgehead atoms. The molecular weight excluding hydrogens is 382 g/mol. The van der Waals surface area contributed by atoms with Gasteiger partial charge < -0.3 is 14.2 Å². The molecule has 0 radical (unpaired) electrons. The Balaban J connectivity index is 2.10. The first-order chi connectivity index (χ1) is 13.3. The maximum Gasteiger partial charge on any atom is 0.352 e. The highest BCUT2D eigenvalue weighted by Crippen LogP contribution is 2.23. The van der Waals surface area contributed by atoms with Gasteiger partial charge in [0.15, 0.2) is 6.10 Å². The van der Waals surface area contributed by atoms with Gasteiger partial charge in [-0.3, -0.25) is 0 Å². The van der Waals surface area contributed by atoms with Crippen LogP contribution in [0.15, 0.2) is 48.0 Å². The Morgan fingerprint density at radius 3 is 2.61 bits per heavy atom. The molecule has 0 aliphatic carbocycles. The predicted octanol–water partition coefficient (Wildman–Crippen LogP) is 4.10. The molecule has 0 N–H and O–H groups in total. The SMILES string of the molecule is COC(=O)/C(C#N)=C/c1cccc(OC(=O)C(C)Oc2ccc(Cl)cc2C)c1. The molecule has 6 nitrogen and oxygen atoms in total. The highest BCUT2D eigenvalue weighted by Gasteiger charge is 2.18. The summed E-state index contributed by atoms with van der Waals surface area (Å²) in [7, 11) is 1.19. The molecule has 0 aliphatic rings. The van der Waals surface area contributed by atoms with Crippen LogP contribution in [0.3, 0.4) is 0 Å². The normalized spacial score (nSPS) is 11.9. The van der Waals surface area contributed by atoms with Gasteiger partial charge in [0.05, 0.1) is 7.11 Å². The molecule has 2 rings (SSSR count). The minimum Gasteiger partial charge on any atom is -0.479 e. The van der Waals surface area contributed by atoms with Crippen LogP contribution in [0.2, 0.25) is 5.02 Å². The third-order valence-corrected chi connectivity index (χ3v) is 3.92. The van der Waals surface area contributed by atoms with E-state index in [0.29, 0.717) is 16.3 Å². The summed E-state index contributed by atoms with van der Waals surface area (Å²) < 4.78 is 15.5. The first-order valence-electron chi connectivity index (χ1n) is 8.28. The maximum absolute atomic E-state index is 12.3. The zero-order chi connectivity index (χ0) is 20.7. The van der Waals surface area contributed by atoms with Crippen LogP contribution >= 0.6 is 11.6 Å². The van der Waals surface area contributed by atoms with Crippen LogP contribution in [0.25, 0.3) is 6.08 Å². The molecule has 1 atom stereocenters. The van der Waals surface area contributed by atoms with E-state index in [9.17, 15) is 9.59 Å². The van der Waals surface area contributed by atoms with Gasteiger partial charge in [-0.1, -0.05) is 23.7 Å². The number of nitriles is 1. The van der Waals surface area contributed by atoms with E-state index >= 15 is 0 Å². The Bertz CT molecular complexity index is 962.